The smallest absolute Gasteiger partial charge is 0.285 e. The lowest BCUT2D eigenvalue weighted by Gasteiger charge is -2.31. The highest BCUT2D eigenvalue weighted by Gasteiger charge is 2.34. The highest BCUT2D eigenvalue weighted by Crippen LogP contribution is 2.32. The molecule has 5 nitrogen and oxygen atoms in total. The second-order valence-electron chi connectivity index (χ2n) is 5.31. The maximum atomic E-state index is 10.9. The van der Waals surface area contributed by atoms with Crippen molar-refractivity contribution < 1.29 is 4.92 Å². The minimum Gasteiger partial charge on any atom is -0.382 e. The molecule has 0 aliphatic carbocycles. The Labute approximate surface area is 120 Å². The molecule has 3 rings (SSSR count). The van der Waals surface area contributed by atoms with Crippen LogP contribution in [-0.4, -0.2) is 35.5 Å². The van der Waals surface area contributed by atoms with Crippen molar-refractivity contribution in [2.75, 3.05) is 25.0 Å². The van der Waals surface area contributed by atoms with E-state index in [9.17, 15) is 10.1 Å². The molecule has 6 heteroatoms. The van der Waals surface area contributed by atoms with Crippen molar-refractivity contribution in [2.24, 2.45) is 5.92 Å². The Balaban J connectivity index is 1.76. The highest BCUT2D eigenvalue weighted by atomic mass is 79.9. The third kappa shape index (κ3) is 2.60. The zero-order valence-electron chi connectivity index (χ0n) is 10.5. The van der Waals surface area contributed by atoms with Gasteiger partial charge in [-0.3, -0.25) is 10.1 Å². The summed E-state index contributed by atoms with van der Waals surface area (Å²) in [6, 6.07) is 5.70. The molecule has 0 spiro atoms. The normalized spacial score (nSPS) is 29.2. The SMILES string of the molecule is O=[N+]([O-])c1cc(NC2CCN3CCC2C3)ccc1Br. The van der Waals surface area contributed by atoms with Gasteiger partial charge in [-0.05, 0) is 53.4 Å². The van der Waals surface area contributed by atoms with Crippen LogP contribution in [0.5, 0.6) is 0 Å². The number of nitro benzene ring substituents is 1. The van der Waals surface area contributed by atoms with E-state index in [4.69, 9.17) is 0 Å². The average molecular weight is 326 g/mol. The molecule has 1 aromatic carbocycles. The number of nitro groups is 1. The van der Waals surface area contributed by atoms with Crippen LogP contribution in [0.3, 0.4) is 0 Å². The number of fused-ring (bicyclic) bond motifs is 2. The summed E-state index contributed by atoms with van der Waals surface area (Å²) in [4.78, 5) is 13.1. The van der Waals surface area contributed by atoms with Gasteiger partial charge >= 0.3 is 0 Å². The topological polar surface area (TPSA) is 58.4 Å². The van der Waals surface area contributed by atoms with E-state index in [0.717, 1.165) is 25.2 Å². The third-order valence-electron chi connectivity index (χ3n) is 4.13. The van der Waals surface area contributed by atoms with E-state index in [2.05, 4.69) is 26.1 Å². The second-order valence-corrected chi connectivity index (χ2v) is 6.17. The van der Waals surface area contributed by atoms with Crippen LogP contribution in [-0.2, 0) is 0 Å². The molecule has 3 unspecified atom stereocenters. The molecule has 0 saturated carbocycles. The van der Waals surface area contributed by atoms with Gasteiger partial charge in [-0.1, -0.05) is 0 Å². The number of hydrogen-bond acceptors (Lipinski definition) is 4. The monoisotopic (exact) mass is 325 g/mol. The van der Waals surface area contributed by atoms with Gasteiger partial charge in [0.2, 0.25) is 0 Å². The lowest BCUT2D eigenvalue weighted by molar-refractivity contribution is -0.385. The molecule has 0 aromatic heterocycles. The quantitative estimate of drug-likeness (QED) is 0.685. The number of rotatable bonds is 3. The van der Waals surface area contributed by atoms with Crippen LogP contribution in [0.4, 0.5) is 11.4 Å². The molecule has 1 aromatic rings. The molecule has 2 saturated heterocycles. The molecular weight excluding hydrogens is 310 g/mol. The summed E-state index contributed by atoms with van der Waals surface area (Å²) in [6.45, 7) is 3.49. The lowest BCUT2D eigenvalue weighted by Crippen LogP contribution is -2.39. The third-order valence-corrected chi connectivity index (χ3v) is 4.80. The van der Waals surface area contributed by atoms with Crippen molar-refractivity contribution >= 4 is 27.3 Å². The van der Waals surface area contributed by atoms with Gasteiger partial charge in [0.15, 0.2) is 0 Å². The average Bonchev–Trinajstić information content (AvgIpc) is 2.77. The number of anilines is 1. The first-order valence-electron chi connectivity index (χ1n) is 6.56. The molecule has 2 fully saturated rings. The molecular formula is C13H16BrN3O2. The van der Waals surface area contributed by atoms with Crippen molar-refractivity contribution in [3.05, 3.63) is 32.8 Å². The van der Waals surface area contributed by atoms with E-state index in [-0.39, 0.29) is 10.6 Å². The fraction of sp³-hybridized carbons (Fsp3) is 0.538. The summed E-state index contributed by atoms with van der Waals surface area (Å²) in [5, 5.41) is 14.4. The molecule has 0 radical (unpaired) electrons. The maximum absolute atomic E-state index is 10.9. The van der Waals surface area contributed by atoms with Crippen molar-refractivity contribution in [3.63, 3.8) is 0 Å². The summed E-state index contributed by atoms with van der Waals surface area (Å²) in [7, 11) is 0. The molecule has 3 atom stereocenters. The van der Waals surface area contributed by atoms with Crippen molar-refractivity contribution in [1.82, 2.24) is 4.90 Å². The van der Waals surface area contributed by atoms with Gasteiger partial charge in [0.05, 0.1) is 9.40 Å². The first-order valence-corrected chi connectivity index (χ1v) is 7.35. The number of piperidine rings is 1. The predicted octanol–water partition coefficient (Wildman–Crippen LogP) is 2.86. The van der Waals surface area contributed by atoms with Gasteiger partial charge in [-0.25, -0.2) is 0 Å². The van der Waals surface area contributed by atoms with Gasteiger partial charge < -0.3 is 10.2 Å². The number of hydrogen-bond donors (Lipinski definition) is 1. The summed E-state index contributed by atoms with van der Waals surface area (Å²) in [6.07, 6.45) is 2.35. The number of nitrogens with one attached hydrogen (secondary N) is 1. The van der Waals surface area contributed by atoms with Crippen LogP contribution < -0.4 is 5.32 Å². The molecule has 2 aliphatic heterocycles. The van der Waals surface area contributed by atoms with Crippen molar-refractivity contribution in [1.29, 1.82) is 0 Å². The van der Waals surface area contributed by atoms with Gasteiger partial charge in [0, 0.05) is 30.9 Å². The molecule has 19 heavy (non-hydrogen) atoms. The Hall–Kier alpha value is -1.14. The Morgan fingerprint density at radius 1 is 1.37 bits per heavy atom. The van der Waals surface area contributed by atoms with E-state index in [0.29, 0.717) is 16.4 Å². The molecule has 2 heterocycles. The molecule has 2 bridgehead atoms. The van der Waals surface area contributed by atoms with Crippen molar-refractivity contribution in [2.45, 2.75) is 18.9 Å². The van der Waals surface area contributed by atoms with Crippen molar-refractivity contribution in [3.8, 4) is 0 Å². The Bertz CT molecular complexity index is 509. The van der Waals surface area contributed by atoms with Gasteiger partial charge in [0.25, 0.3) is 5.69 Å². The predicted molar refractivity (Wildman–Crippen MR) is 77.4 cm³/mol. The number of benzene rings is 1. The van der Waals surface area contributed by atoms with E-state index >= 15 is 0 Å². The molecule has 1 N–H and O–H groups in total. The van der Waals surface area contributed by atoms with Crippen LogP contribution in [0.25, 0.3) is 0 Å². The van der Waals surface area contributed by atoms with Crippen LogP contribution in [0.15, 0.2) is 22.7 Å². The van der Waals surface area contributed by atoms with E-state index in [1.54, 1.807) is 12.1 Å². The molecule has 0 amide bonds. The van der Waals surface area contributed by atoms with Crippen LogP contribution in [0.1, 0.15) is 12.8 Å². The van der Waals surface area contributed by atoms with Gasteiger partial charge in [-0.2, -0.15) is 0 Å². The highest BCUT2D eigenvalue weighted by molar-refractivity contribution is 9.10. The fourth-order valence-corrected chi connectivity index (χ4v) is 3.49. The molecule has 2 aliphatic rings. The number of nitrogens with zero attached hydrogens (tertiary/aromatic N) is 2. The summed E-state index contributed by atoms with van der Waals surface area (Å²) < 4.78 is 0.527. The minimum absolute atomic E-state index is 0.119. The minimum atomic E-state index is -0.354. The first-order chi connectivity index (χ1) is 9.13. The summed E-state index contributed by atoms with van der Waals surface area (Å²) in [5.74, 6) is 0.677. The molecule has 102 valence electrons. The summed E-state index contributed by atoms with van der Waals surface area (Å²) >= 11 is 3.21. The lowest BCUT2D eigenvalue weighted by atomic mass is 9.94. The standard InChI is InChI=1S/C13H16BrN3O2/c14-11-2-1-10(7-13(11)17(18)19)15-12-4-6-16-5-3-9(12)8-16/h1-2,7,9,12,15H,3-6,8H2. The van der Waals surface area contributed by atoms with E-state index < -0.39 is 0 Å². The second kappa shape index (κ2) is 5.09. The largest absolute Gasteiger partial charge is 0.382 e. The Morgan fingerprint density at radius 2 is 2.16 bits per heavy atom. The first kappa shape index (κ1) is 12.9. The van der Waals surface area contributed by atoms with Crippen LogP contribution in [0, 0.1) is 16.0 Å². The number of halogens is 1. The van der Waals surface area contributed by atoms with Gasteiger partial charge in [-0.15, -0.1) is 0 Å². The fourth-order valence-electron chi connectivity index (χ4n) is 3.10. The zero-order chi connectivity index (χ0) is 13.4. The Morgan fingerprint density at radius 3 is 2.95 bits per heavy atom. The van der Waals surface area contributed by atoms with Crippen LogP contribution in [0.2, 0.25) is 0 Å². The zero-order valence-corrected chi connectivity index (χ0v) is 12.1. The maximum Gasteiger partial charge on any atom is 0.285 e. The summed E-state index contributed by atoms with van der Waals surface area (Å²) in [5.41, 5.74) is 0.967. The van der Waals surface area contributed by atoms with E-state index in [1.165, 1.54) is 13.0 Å². The van der Waals surface area contributed by atoms with E-state index in [1.807, 2.05) is 6.07 Å². The Kier molecular flexibility index (Phi) is 3.45. The van der Waals surface area contributed by atoms with Crippen LogP contribution >= 0.6 is 15.9 Å². The van der Waals surface area contributed by atoms with Gasteiger partial charge in [0.1, 0.15) is 0 Å².